The van der Waals surface area contributed by atoms with Gasteiger partial charge in [-0.1, -0.05) is 16.8 Å². The molecule has 0 radical (unpaired) electrons. The molecule has 1 fully saturated rings. The number of carbonyl (C=O) groups is 1. The molecular weight excluding hydrogens is 327 g/mol. The van der Waals surface area contributed by atoms with Crippen molar-refractivity contribution in [3.8, 4) is 17.4 Å². The van der Waals surface area contributed by atoms with Gasteiger partial charge in [0.1, 0.15) is 17.6 Å². The standard InChI is InChI=1S/C17H17FN4O3/c1-11-2-3-13(18)12(8-11)16-9-14(20-25-16)15(10-19)21-4-6-22(7-5-21)17(23)24/h2-3,8-9,15H,4-7H2,1H3,(H,23,24). The molecule has 1 aliphatic heterocycles. The number of rotatable bonds is 3. The van der Waals surface area contributed by atoms with E-state index in [-0.39, 0.29) is 5.76 Å². The average molecular weight is 344 g/mol. The number of halogens is 1. The van der Waals surface area contributed by atoms with Crippen molar-refractivity contribution < 1.29 is 18.8 Å². The van der Waals surface area contributed by atoms with Crippen molar-refractivity contribution in [1.29, 1.82) is 5.26 Å². The summed E-state index contributed by atoms with van der Waals surface area (Å²) in [5, 5.41) is 22.4. The number of amides is 1. The van der Waals surface area contributed by atoms with Gasteiger partial charge >= 0.3 is 6.09 Å². The summed E-state index contributed by atoms with van der Waals surface area (Å²) >= 11 is 0. The van der Waals surface area contributed by atoms with Crippen LogP contribution in [0.3, 0.4) is 0 Å². The molecule has 2 heterocycles. The Morgan fingerprint density at radius 3 is 2.72 bits per heavy atom. The van der Waals surface area contributed by atoms with E-state index in [9.17, 15) is 14.4 Å². The molecule has 1 aromatic carbocycles. The minimum atomic E-state index is -0.966. The van der Waals surface area contributed by atoms with Crippen LogP contribution in [0.25, 0.3) is 11.3 Å². The predicted molar refractivity (Wildman–Crippen MR) is 86.2 cm³/mol. The summed E-state index contributed by atoms with van der Waals surface area (Å²) < 4.78 is 19.2. The lowest BCUT2D eigenvalue weighted by molar-refractivity contribution is 0.0945. The number of hydrogen-bond acceptors (Lipinski definition) is 5. The molecule has 2 aromatic rings. The zero-order chi connectivity index (χ0) is 18.0. The molecule has 8 heteroatoms. The van der Waals surface area contributed by atoms with Crippen molar-refractivity contribution in [1.82, 2.24) is 15.0 Å². The van der Waals surface area contributed by atoms with E-state index in [2.05, 4.69) is 11.2 Å². The fourth-order valence-electron chi connectivity index (χ4n) is 2.88. The number of benzene rings is 1. The minimum absolute atomic E-state index is 0.264. The lowest BCUT2D eigenvalue weighted by Crippen LogP contribution is -2.49. The van der Waals surface area contributed by atoms with E-state index < -0.39 is 18.0 Å². The smallest absolute Gasteiger partial charge is 0.407 e. The van der Waals surface area contributed by atoms with Crippen LogP contribution in [-0.2, 0) is 0 Å². The number of aryl methyl sites for hydroxylation is 1. The zero-order valence-electron chi connectivity index (χ0n) is 13.6. The van der Waals surface area contributed by atoms with E-state index in [1.54, 1.807) is 18.2 Å². The van der Waals surface area contributed by atoms with E-state index in [0.29, 0.717) is 37.4 Å². The number of hydrogen-bond donors (Lipinski definition) is 1. The van der Waals surface area contributed by atoms with Gasteiger partial charge in [0.05, 0.1) is 11.6 Å². The summed E-state index contributed by atoms with van der Waals surface area (Å²) in [4.78, 5) is 14.1. The predicted octanol–water partition coefficient (Wildman–Crippen LogP) is 2.65. The van der Waals surface area contributed by atoms with Gasteiger partial charge in [0.2, 0.25) is 0 Å². The first-order valence-electron chi connectivity index (χ1n) is 7.84. The van der Waals surface area contributed by atoms with Gasteiger partial charge in [0, 0.05) is 32.2 Å². The lowest BCUT2D eigenvalue weighted by atomic mass is 10.1. The first kappa shape index (κ1) is 16.9. The first-order chi connectivity index (χ1) is 12.0. The third-order valence-corrected chi connectivity index (χ3v) is 4.27. The van der Waals surface area contributed by atoms with Crippen molar-refractivity contribution in [2.24, 2.45) is 0 Å². The number of nitrogens with zero attached hydrogens (tertiary/aromatic N) is 4. The number of piperazine rings is 1. The fourth-order valence-corrected chi connectivity index (χ4v) is 2.88. The first-order valence-corrected chi connectivity index (χ1v) is 7.84. The van der Waals surface area contributed by atoms with Crippen LogP contribution in [0.4, 0.5) is 9.18 Å². The molecule has 1 aromatic heterocycles. The van der Waals surface area contributed by atoms with E-state index in [4.69, 9.17) is 9.63 Å². The summed E-state index contributed by atoms with van der Waals surface area (Å²) in [6.07, 6.45) is -0.966. The quantitative estimate of drug-likeness (QED) is 0.920. The largest absolute Gasteiger partial charge is 0.465 e. The Labute approximate surface area is 143 Å². The summed E-state index contributed by atoms with van der Waals surface area (Å²) in [6, 6.07) is 7.75. The van der Waals surface area contributed by atoms with Gasteiger partial charge < -0.3 is 14.5 Å². The Morgan fingerprint density at radius 1 is 1.36 bits per heavy atom. The molecule has 0 saturated carbocycles. The third kappa shape index (κ3) is 3.46. The van der Waals surface area contributed by atoms with Crippen molar-refractivity contribution in [3.05, 3.63) is 41.3 Å². The molecule has 1 aliphatic rings. The maximum atomic E-state index is 14.0. The number of nitriles is 1. The Hall–Kier alpha value is -2.92. The molecule has 3 rings (SSSR count). The van der Waals surface area contributed by atoms with Gasteiger partial charge in [-0.2, -0.15) is 5.26 Å². The SMILES string of the molecule is Cc1ccc(F)c(-c2cc(C(C#N)N3CCN(C(=O)O)CC3)no2)c1. The van der Waals surface area contributed by atoms with Crippen LogP contribution >= 0.6 is 0 Å². The van der Waals surface area contributed by atoms with Gasteiger partial charge in [0.15, 0.2) is 5.76 Å². The molecule has 1 unspecified atom stereocenters. The molecule has 7 nitrogen and oxygen atoms in total. The van der Waals surface area contributed by atoms with Crippen LogP contribution in [0.2, 0.25) is 0 Å². The Bertz CT molecular complexity index is 822. The van der Waals surface area contributed by atoms with Gasteiger partial charge in [-0.25, -0.2) is 9.18 Å². The topological polar surface area (TPSA) is 93.6 Å². The van der Waals surface area contributed by atoms with Gasteiger partial charge in [-0.3, -0.25) is 4.90 Å². The second-order valence-electron chi connectivity index (χ2n) is 5.94. The highest BCUT2D eigenvalue weighted by Gasteiger charge is 2.29. The van der Waals surface area contributed by atoms with E-state index in [0.717, 1.165) is 5.56 Å². The van der Waals surface area contributed by atoms with E-state index in [1.165, 1.54) is 11.0 Å². The highest BCUT2D eigenvalue weighted by Crippen LogP contribution is 2.28. The average Bonchev–Trinajstić information content (AvgIpc) is 3.07. The summed E-state index contributed by atoms with van der Waals surface area (Å²) in [5.41, 5.74) is 1.57. The lowest BCUT2D eigenvalue weighted by Gasteiger charge is -2.34. The number of aromatic nitrogens is 1. The second-order valence-corrected chi connectivity index (χ2v) is 5.94. The van der Waals surface area contributed by atoms with Crippen molar-refractivity contribution in [2.75, 3.05) is 26.2 Å². The van der Waals surface area contributed by atoms with Crippen molar-refractivity contribution in [3.63, 3.8) is 0 Å². The van der Waals surface area contributed by atoms with Crippen LogP contribution in [0.15, 0.2) is 28.8 Å². The minimum Gasteiger partial charge on any atom is -0.465 e. The Morgan fingerprint density at radius 2 is 2.08 bits per heavy atom. The molecule has 130 valence electrons. The maximum absolute atomic E-state index is 14.0. The maximum Gasteiger partial charge on any atom is 0.407 e. The van der Waals surface area contributed by atoms with Gasteiger partial charge in [0.25, 0.3) is 0 Å². The van der Waals surface area contributed by atoms with Crippen LogP contribution < -0.4 is 0 Å². The molecule has 0 spiro atoms. The van der Waals surface area contributed by atoms with Gasteiger partial charge in [-0.05, 0) is 19.1 Å². The summed E-state index contributed by atoms with van der Waals surface area (Å²) in [5.74, 6) is -0.155. The normalized spacial score (nSPS) is 16.4. The number of carboxylic acid groups (broad SMARTS) is 1. The molecule has 1 N–H and O–H groups in total. The van der Waals surface area contributed by atoms with Crippen LogP contribution in [0.5, 0.6) is 0 Å². The Kier molecular flexibility index (Phi) is 4.67. The Balaban J connectivity index is 1.80. The molecular formula is C17H17FN4O3. The zero-order valence-corrected chi connectivity index (χ0v) is 13.6. The monoisotopic (exact) mass is 344 g/mol. The molecule has 0 bridgehead atoms. The van der Waals surface area contributed by atoms with Crippen molar-refractivity contribution >= 4 is 6.09 Å². The highest BCUT2D eigenvalue weighted by molar-refractivity contribution is 5.65. The molecule has 1 atom stereocenters. The molecule has 1 saturated heterocycles. The third-order valence-electron chi connectivity index (χ3n) is 4.27. The summed E-state index contributed by atoms with van der Waals surface area (Å²) in [6.45, 7) is 3.34. The van der Waals surface area contributed by atoms with E-state index in [1.807, 2.05) is 11.8 Å². The van der Waals surface area contributed by atoms with Crippen LogP contribution in [0.1, 0.15) is 17.3 Å². The summed E-state index contributed by atoms with van der Waals surface area (Å²) in [7, 11) is 0. The highest BCUT2D eigenvalue weighted by atomic mass is 19.1. The molecule has 0 aliphatic carbocycles. The van der Waals surface area contributed by atoms with E-state index >= 15 is 0 Å². The van der Waals surface area contributed by atoms with Crippen molar-refractivity contribution in [2.45, 2.75) is 13.0 Å². The van der Waals surface area contributed by atoms with Gasteiger partial charge in [-0.15, -0.1) is 0 Å². The van der Waals surface area contributed by atoms with Crippen LogP contribution in [-0.4, -0.2) is 52.3 Å². The fraction of sp³-hybridized carbons (Fsp3) is 0.353. The molecule has 25 heavy (non-hydrogen) atoms. The van der Waals surface area contributed by atoms with Crippen LogP contribution in [0, 0.1) is 24.1 Å². The molecule has 1 amide bonds. The second kappa shape index (κ2) is 6.91.